The van der Waals surface area contributed by atoms with Crippen LogP contribution in [0.25, 0.3) is 69.2 Å². The highest BCUT2D eigenvalue weighted by molar-refractivity contribution is 7.26. The summed E-state index contributed by atoms with van der Waals surface area (Å²) < 4.78 is 5.19. The largest absolute Gasteiger partial charge is 0.308 e. The molecule has 0 atom stereocenters. The van der Waals surface area contributed by atoms with E-state index in [4.69, 9.17) is 0 Å². The number of fused-ring (bicyclic) bond motifs is 10. The quantitative estimate of drug-likeness (QED) is 0.235. The van der Waals surface area contributed by atoms with E-state index in [1.165, 1.54) is 69.2 Å². The third kappa shape index (κ3) is 2.33. The number of thiophene rings is 1. The maximum absolute atomic E-state index is 2.51. The van der Waals surface area contributed by atoms with Crippen molar-refractivity contribution in [3.63, 3.8) is 0 Å². The van der Waals surface area contributed by atoms with Crippen LogP contribution < -0.4 is 0 Å². The monoisotopic (exact) mass is 449 g/mol. The van der Waals surface area contributed by atoms with Crippen molar-refractivity contribution in [1.82, 2.24) is 4.57 Å². The minimum atomic E-state index is 1.23. The van der Waals surface area contributed by atoms with Crippen molar-refractivity contribution in [3.8, 4) is 5.69 Å². The van der Waals surface area contributed by atoms with Gasteiger partial charge in [-0.1, -0.05) is 91.0 Å². The van der Waals surface area contributed by atoms with Crippen molar-refractivity contribution in [2.75, 3.05) is 0 Å². The first kappa shape index (κ1) is 18.3. The number of nitrogens with zero attached hydrogens (tertiary/aromatic N) is 1. The van der Waals surface area contributed by atoms with Gasteiger partial charge in [-0.3, -0.25) is 0 Å². The summed E-state index contributed by atoms with van der Waals surface area (Å²) in [6.07, 6.45) is 0. The van der Waals surface area contributed by atoms with E-state index in [-0.39, 0.29) is 0 Å². The lowest BCUT2D eigenvalue weighted by Gasteiger charge is -2.12. The zero-order valence-electron chi connectivity index (χ0n) is 18.3. The molecule has 8 rings (SSSR count). The van der Waals surface area contributed by atoms with Gasteiger partial charge in [-0.15, -0.1) is 11.3 Å². The Morgan fingerprint density at radius 2 is 1.15 bits per heavy atom. The Morgan fingerprint density at radius 1 is 0.441 bits per heavy atom. The summed E-state index contributed by atoms with van der Waals surface area (Å²) in [5, 5.41) is 10.5. The van der Waals surface area contributed by atoms with Gasteiger partial charge >= 0.3 is 0 Å². The molecule has 0 fully saturated rings. The third-order valence-corrected chi connectivity index (χ3v) is 8.30. The first-order chi connectivity index (χ1) is 16.9. The smallest absolute Gasteiger partial charge is 0.0634 e. The van der Waals surface area contributed by atoms with Crippen molar-refractivity contribution in [1.29, 1.82) is 0 Å². The highest BCUT2D eigenvalue weighted by atomic mass is 32.1. The summed E-state index contributed by atoms with van der Waals surface area (Å²) in [4.78, 5) is 0. The zero-order chi connectivity index (χ0) is 22.2. The van der Waals surface area contributed by atoms with Crippen LogP contribution >= 0.6 is 11.3 Å². The molecule has 34 heavy (non-hydrogen) atoms. The maximum atomic E-state index is 2.51. The normalized spacial score (nSPS) is 12.1. The summed E-state index contributed by atoms with van der Waals surface area (Å²) in [6, 6.07) is 42.2. The van der Waals surface area contributed by atoms with E-state index in [1.807, 2.05) is 11.3 Å². The van der Waals surface area contributed by atoms with E-state index in [9.17, 15) is 0 Å². The highest BCUT2D eigenvalue weighted by Gasteiger charge is 2.20. The van der Waals surface area contributed by atoms with Crippen molar-refractivity contribution in [3.05, 3.63) is 115 Å². The van der Waals surface area contributed by atoms with Gasteiger partial charge in [0.1, 0.15) is 0 Å². The number of hydrogen-bond donors (Lipinski definition) is 0. The Balaban J connectivity index is 1.71. The minimum Gasteiger partial charge on any atom is -0.308 e. The molecule has 0 N–H and O–H groups in total. The molecule has 2 heterocycles. The van der Waals surface area contributed by atoms with Crippen molar-refractivity contribution in [2.45, 2.75) is 0 Å². The molecule has 0 spiro atoms. The lowest BCUT2D eigenvalue weighted by atomic mass is 10.0. The minimum absolute atomic E-state index is 1.23. The Morgan fingerprint density at radius 3 is 2.03 bits per heavy atom. The lowest BCUT2D eigenvalue weighted by molar-refractivity contribution is 1.21. The molecule has 6 aromatic carbocycles. The predicted octanol–water partition coefficient (Wildman–Crippen LogP) is 9.46. The number of benzene rings is 6. The van der Waals surface area contributed by atoms with Crippen LogP contribution in [0.3, 0.4) is 0 Å². The molecule has 0 aliphatic carbocycles. The molecule has 0 aliphatic rings. The summed E-state index contributed by atoms with van der Waals surface area (Å²) in [7, 11) is 0. The fourth-order valence-electron chi connectivity index (χ4n) is 5.74. The van der Waals surface area contributed by atoms with Gasteiger partial charge in [-0.2, -0.15) is 0 Å². The first-order valence-corrected chi connectivity index (χ1v) is 12.4. The standard InChI is InChI=1S/C32H19NS/c1-3-11-22-20(8-1)10-7-14-26(22)33-27-18-16-21-9-2-4-12-23(21)30(27)25-17-19-29-31(32(25)33)24-13-5-6-15-28(24)34-29/h1-19H. The number of hydrogen-bond acceptors (Lipinski definition) is 1. The van der Waals surface area contributed by atoms with Gasteiger partial charge in [0, 0.05) is 36.3 Å². The van der Waals surface area contributed by atoms with E-state index in [0.29, 0.717) is 0 Å². The maximum Gasteiger partial charge on any atom is 0.0634 e. The Bertz CT molecular complexity index is 2060. The van der Waals surface area contributed by atoms with Crippen molar-refractivity contribution in [2.24, 2.45) is 0 Å². The second-order valence-electron chi connectivity index (χ2n) is 8.95. The molecule has 0 saturated heterocycles. The van der Waals surface area contributed by atoms with Gasteiger partial charge in [0.15, 0.2) is 0 Å². The summed E-state index contributed by atoms with van der Waals surface area (Å²) >= 11 is 1.88. The fourth-order valence-corrected chi connectivity index (χ4v) is 6.84. The highest BCUT2D eigenvalue weighted by Crippen LogP contribution is 2.45. The van der Waals surface area contributed by atoms with Crippen LogP contribution in [0.15, 0.2) is 115 Å². The molecule has 0 radical (unpaired) electrons. The summed E-state index contributed by atoms with van der Waals surface area (Å²) in [5.41, 5.74) is 3.79. The van der Waals surface area contributed by atoms with E-state index < -0.39 is 0 Å². The molecule has 1 nitrogen and oxygen atoms in total. The molecule has 0 aliphatic heterocycles. The van der Waals surface area contributed by atoms with Crippen LogP contribution in [0.4, 0.5) is 0 Å². The molecule has 0 amide bonds. The van der Waals surface area contributed by atoms with Gasteiger partial charge in [0.05, 0.1) is 16.7 Å². The summed E-state index contributed by atoms with van der Waals surface area (Å²) in [6.45, 7) is 0. The van der Waals surface area contributed by atoms with Crippen LogP contribution in [-0.4, -0.2) is 4.57 Å². The average Bonchev–Trinajstić information content (AvgIpc) is 3.44. The predicted molar refractivity (Wildman–Crippen MR) is 149 cm³/mol. The second kappa shape index (κ2) is 6.69. The molecule has 0 unspecified atom stereocenters. The Kier molecular flexibility index (Phi) is 3.60. The molecular weight excluding hydrogens is 430 g/mol. The van der Waals surface area contributed by atoms with E-state index in [0.717, 1.165) is 0 Å². The molecule has 2 aromatic heterocycles. The third-order valence-electron chi connectivity index (χ3n) is 7.16. The van der Waals surface area contributed by atoms with Crippen LogP contribution in [0, 0.1) is 0 Å². The molecular formula is C32H19NS. The van der Waals surface area contributed by atoms with Crippen LogP contribution in [0.5, 0.6) is 0 Å². The summed E-state index contributed by atoms with van der Waals surface area (Å²) in [5.74, 6) is 0. The SMILES string of the molecule is c1ccc2c(-n3c4ccc5ccccc5c4c4ccc5sc6ccccc6c5c43)cccc2c1. The first-order valence-electron chi connectivity index (χ1n) is 11.6. The van der Waals surface area contributed by atoms with E-state index in [1.54, 1.807) is 0 Å². The molecule has 158 valence electrons. The Hall–Kier alpha value is -4.14. The van der Waals surface area contributed by atoms with Crippen LogP contribution in [0.2, 0.25) is 0 Å². The molecule has 0 saturated carbocycles. The van der Waals surface area contributed by atoms with Crippen molar-refractivity contribution < 1.29 is 0 Å². The number of rotatable bonds is 1. The second-order valence-corrected chi connectivity index (χ2v) is 10.0. The molecule has 2 heteroatoms. The van der Waals surface area contributed by atoms with Crippen LogP contribution in [0.1, 0.15) is 0 Å². The molecule has 0 bridgehead atoms. The van der Waals surface area contributed by atoms with Gasteiger partial charge in [-0.05, 0) is 40.4 Å². The van der Waals surface area contributed by atoms with Gasteiger partial charge in [0.25, 0.3) is 0 Å². The topological polar surface area (TPSA) is 4.93 Å². The van der Waals surface area contributed by atoms with Gasteiger partial charge in [-0.25, -0.2) is 0 Å². The van der Waals surface area contributed by atoms with Gasteiger partial charge < -0.3 is 4.57 Å². The Labute approximate surface area is 200 Å². The van der Waals surface area contributed by atoms with Crippen LogP contribution in [-0.2, 0) is 0 Å². The van der Waals surface area contributed by atoms with E-state index >= 15 is 0 Å². The van der Waals surface area contributed by atoms with Gasteiger partial charge in [0.2, 0.25) is 0 Å². The fraction of sp³-hybridized carbons (Fsp3) is 0. The number of aromatic nitrogens is 1. The lowest BCUT2D eigenvalue weighted by Crippen LogP contribution is -1.95. The van der Waals surface area contributed by atoms with Crippen molar-refractivity contribution >= 4 is 74.9 Å². The average molecular weight is 450 g/mol. The zero-order valence-corrected chi connectivity index (χ0v) is 19.1. The van der Waals surface area contributed by atoms with E-state index in [2.05, 4.69) is 120 Å². The molecule has 8 aromatic rings.